The number of aryl methyl sites for hydroxylation is 1. The topological polar surface area (TPSA) is 70.9 Å². The molecule has 1 saturated carbocycles. The molecule has 1 aromatic heterocycles. The van der Waals surface area contributed by atoms with Crippen LogP contribution < -0.4 is 11.1 Å². The number of amides is 1. The number of fused-ring (bicyclic) bond motifs is 1. The fourth-order valence-corrected chi connectivity index (χ4v) is 3.31. The molecule has 1 fully saturated rings. The Morgan fingerprint density at radius 3 is 2.77 bits per heavy atom. The van der Waals surface area contributed by atoms with Gasteiger partial charge in [0.2, 0.25) is 0 Å². The van der Waals surface area contributed by atoms with E-state index in [0.717, 1.165) is 30.2 Å². The predicted molar refractivity (Wildman–Crippen MR) is 90.0 cm³/mol. The van der Waals surface area contributed by atoms with E-state index in [0.29, 0.717) is 5.69 Å². The van der Waals surface area contributed by atoms with Crippen LogP contribution in [0.25, 0.3) is 10.9 Å². The van der Waals surface area contributed by atoms with Gasteiger partial charge in [-0.1, -0.05) is 37.3 Å². The van der Waals surface area contributed by atoms with Crippen molar-refractivity contribution in [1.29, 1.82) is 0 Å². The molecular formula is C18H25N3O. The molecule has 1 heterocycles. The zero-order valence-corrected chi connectivity index (χ0v) is 13.2. The van der Waals surface area contributed by atoms with E-state index < -0.39 is 0 Å². The molecule has 118 valence electrons. The maximum absolute atomic E-state index is 12.5. The van der Waals surface area contributed by atoms with Crippen LogP contribution >= 0.6 is 0 Å². The third-order valence-corrected chi connectivity index (χ3v) is 4.66. The van der Waals surface area contributed by atoms with Crippen LogP contribution in [0.15, 0.2) is 24.3 Å². The molecule has 3 rings (SSSR count). The summed E-state index contributed by atoms with van der Waals surface area (Å²) in [5.74, 6) is -0.0464. The van der Waals surface area contributed by atoms with Gasteiger partial charge in [0.15, 0.2) is 0 Å². The fraction of sp³-hybridized carbons (Fsp3) is 0.500. The summed E-state index contributed by atoms with van der Waals surface area (Å²) in [5, 5.41) is 4.21. The summed E-state index contributed by atoms with van der Waals surface area (Å²) in [7, 11) is 0. The van der Waals surface area contributed by atoms with Crippen molar-refractivity contribution in [2.24, 2.45) is 5.73 Å². The lowest BCUT2D eigenvalue weighted by Gasteiger charge is -2.27. The van der Waals surface area contributed by atoms with Crippen LogP contribution in [0.3, 0.4) is 0 Å². The van der Waals surface area contributed by atoms with Gasteiger partial charge in [0.1, 0.15) is 5.69 Å². The molecular weight excluding hydrogens is 274 g/mol. The van der Waals surface area contributed by atoms with E-state index in [-0.39, 0.29) is 18.0 Å². The van der Waals surface area contributed by atoms with E-state index in [9.17, 15) is 4.79 Å². The summed E-state index contributed by atoms with van der Waals surface area (Å²) in [6, 6.07) is 8.22. The summed E-state index contributed by atoms with van der Waals surface area (Å²) in [4.78, 5) is 15.7. The largest absolute Gasteiger partial charge is 0.351 e. The number of H-pyrrole nitrogens is 1. The highest BCUT2D eigenvalue weighted by atomic mass is 16.1. The van der Waals surface area contributed by atoms with Crippen molar-refractivity contribution in [2.45, 2.75) is 57.5 Å². The van der Waals surface area contributed by atoms with E-state index in [2.05, 4.69) is 23.3 Å². The lowest BCUT2D eigenvalue weighted by Crippen LogP contribution is -2.48. The molecule has 1 amide bonds. The average molecular weight is 299 g/mol. The first-order valence-electron chi connectivity index (χ1n) is 8.29. The van der Waals surface area contributed by atoms with Crippen molar-refractivity contribution in [3.8, 4) is 0 Å². The molecule has 2 atom stereocenters. The molecule has 0 bridgehead atoms. The molecule has 0 aliphatic heterocycles. The van der Waals surface area contributed by atoms with Crippen LogP contribution in [0.2, 0.25) is 0 Å². The Labute approximate surface area is 131 Å². The SMILES string of the molecule is Cc1ccc2[nH]c(C(=O)N[C@@H]3CCCCCC[C@@H]3N)cc2c1. The number of hydrogen-bond donors (Lipinski definition) is 3. The molecule has 0 spiro atoms. The number of nitrogens with two attached hydrogens (primary N) is 1. The standard InChI is InChI=1S/C18H25N3O/c1-12-8-9-15-13(10-12)11-17(20-15)18(22)21-16-7-5-3-2-4-6-14(16)19/h8-11,14,16,20H,2-7,19H2,1H3,(H,21,22)/t14-,16+/m0/s1. The van der Waals surface area contributed by atoms with Crippen molar-refractivity contribution in [1.82, 2.24) is 10.3 Å². The predicted octanol–water partition coefficient (Wildman–Crippen LogP) is 3.26. The maximum atomic E-state index is 12.5. The zero-order chi connectivity index (χ0) is 15.5. The van der Waals surface area contributed by atoms with Crippen molar-refractivity contribution in [3.63, 3.8) is 0 Å². The Hall–Kier alpha value is -1.81. The first kappa shape index (κ1) is 15.1. The Kier molecular flexibility index (Phi) is 4.48. The van der Waals surface area contributed by atoms with Gasteiger partial charge in [0, 0.05) is 23.0 Å². The number of rotatable bonds is 2. The first-order valence-corrected chi connectivity index (χ1v) is 8.29. The second kappa shape index (κ2) is 6.53. The molecule has 2 aromatic rings. The van der Waals surface area contributed by atoms with E-state index in [4.69, 9.17) is 5.73 Å². The molecule has 4 heteroatoms. The molecule has 4 N–H and O–H groups in total. The quantitative estimate of drug-likeness (QED) is 0.796. The van der Waals surface area contributed by atoms with Crippen molar-refractivity contribution >= 4 is 16.8 Å². The van der Waals surface area contributed by atoms with Gasteiger partial charge >= 0.3 is 0 Å². The summed E-state index contributed by atoms with van der Waals surface area (Å²) < 4.78 is 0. The molecule has 0 radical (unpaired) electrons. The van der Waals surface area contributed by atoms with Crippen LogP contribution in [0.1, 0.15) is 54.6 Å². The number of benzene rings is 1. The Balaban J connectivity index is 1.74. The van der Waals surface area contributed by atoms with E-state index in [1.54, 1.807) is 0 Å². The van der Waals surface area contributed by atoms with Crippen LogP contribution in [0.5, 0.6) is 0 Å². The van der Waals surface area contributed by atoms with Gasteiger partial charge in [-0.3, -0.25) is 4.79 Å². The minimum absolute atomic E-state index is 0.0464. The molecule has 22 heavy (non-hydrogen) atoms. The second-order valence-electron chi connectivity index (χ2n) is 6.51. The van der Waals surface area contributed by atoms with Crippen LogP contribution in [0.4, 0.5) is 0 Å². The van der Waals surface area contributed by atoms with E-state index in [1.165, 1.54) is 24.8 Å². The number of carbonyl (C=O) groups excluding carboxylic acids is 1. The van der Waals surface area contributed by atoms with Gasteiger partial charge < -0.3 is 16.0 Å². The van der Waals surface area contributed by atoms with Gasteiger partial charge in [-0.25, -0.2) is 0 Å². The minimum Gasteiger partial charge on any atom is -0.351 e. The monoisotopic (exact) mass is 299 g/mol. The molecule has 0 unspecified atom stereocenters. The van der Waals surface area contributed by atoms with Crippen molar-refractivity contribution in [2.75, 3.05) is 0 Å². The summed E-state index contributed by atoms with van der Waals surface area (Å²) in [6.07, 6.45) is 6.79. The highest BCUT2D eigenvalue weighted by Crippen LogP contribution is 2.19. The van der Waals surface area contributed by atoms with Gasteiger partial charge in [-0.15, -0.1) is 0 Å². The smallest absolute Gasteiger partial charge is 0.268 e. The van der Waals surface area contributed by atoms with Gasteiger partial charge in [0.25, 0.3) is 5.91 Å². The highest BCUT2D eigenvalue weighted by molar-refractivity contribution is 5.98. The van der Waals surface area contributed by atoms with Crippen molar-refractivity contribution in [3.05, 3.63) is 35.5 Å². The Bertz CT molecular complexity index is 661. The molecule has 1 aliphatic carbocycles. The van der Waals surface area contributed by atoms with Gasteiger partial charge in [-0.05, 0) is 38.0 Å². The molecule has 0 saturated heterocycles. The normalized spacial score (nSPS) is 23.0. The summed E-state index contributed by atoms with van der Waals surface area (Å²) in [6.45, 7) is 2.06. The Morgan fingerprint density at radius 1 is 1.18 bits per heavy atom. The lowest BCUT2D eigenvalue weighted by molar-refractivity contribution is 0.0920. The number of aromatic amines is 1. The first-order chi connectivity index (χ1) is 10.6. The fourth-order valence-electron chi connectivity index (χ4n) is 3.31. The van der Waals surface area contributed by atoms with E-state index >= 15 is 0 Å². The summed E-state index contributed by atoms with van der Waals surface area (Å²) in [5.41, 5.74) is 9.06. The lowest BCUT2D eigenvalue weighted by atomic mass is 9.93. The van der Waals surface area contributed by atoms with Gasteiger partial charge in [-0.2, -0.15) is 0 Å². The average Bonchev–Trinajstić information content (AvgIpc) is 2.90. The third-order valence-electron chi connectivity index (χ3n) is 4.66. The number of carbonyl (C=O) groups is 1. The van der Waals surface area contributed by atoms with Crippen LogP contribution in [-0.2, 0) is 0 Å². The number of aromatic nitrogens is 1. The third kappa shape index (κ3) is 3.33. The van der Waals surface area contributed by atoms with Crippen LogP contribution in [-0.4, -0.2) is 23.0 Å². The Morgan fingerprint density at radius 2 is 1.95 bits per heavy atom. The maximum Gasteiger partial charge on any atom is 0.268 e. The molecule has 1 aromatic carbocycles. The van der Waals surface area contributed by atoms with E-state index in [1.807, 2.05) is 18.2 Å². The van der Waals surface area contributed by atoms with Crippen molar-refractivity contribution < 1.29 is 4.79 Å². The number of hydrogen-bond acceptors (Lipinski definition) is 2. The molecule has 1 aliphatic rings. The molecule has 4 nitrogen and oxygen atoms in total. The minimum atomic E-state index is -0.0464. The highest BCUT2D eigenvalue weighted by Gasteiger charge is 2.22. The second-order valence-corrected chi connectivity index (χ2v) is 6.51. The zero-order valence-electron chi connectivity index (χ0n) is 13.2. The van der Waals surface area contributed by atoms with Gasteiger partial charge in [0.05, 0.1) is 0 Å². The number of nitrogens with one attached hydrogen (secondary N) is 2. The summed E-state index contributed by atoms with van der Waals surface area (Å²) >= 11 is 0. The van der Waals surface area contributed by atoms with Crippen LogP contribution in [0, 0.1) is 6.92 Å².